The van der Waals surface area contributed by atoms with Gasteiger partial charge < -0.3 is 19.8 Å². The molecule has 7 heteroatoms. The number of aliphatic hydroxyl groups is 1. The Balaban J connectivity index is 1.28. The Morgan fingerprint density at radius 3 is 2.30 bits per heavy atom. The quantitative estimate of drug-likeness (QED) is 0.746. The maximum Gasteiger partial charge on any atom is 0.255 e. The van der Waals surface area contributed by atoms with Gasteiger partial charge in [0.05, 0.1) is 10.6 Å². The minimum atomic E-state index is -1.16. The second-order valence-corrected chi connectivity index (χ2v) is 9.74. The molecular weight excluding hydrogens is 438 g/mol. The molecule has 0 aromatic heterocycles. The highest BCUT2D eigenvalue weighted by Crippen LogP contribution is 2.37. The lowest BCUT2D eigenvalue weighted by Gasteiger charge is -2.36. The van der Waals surface area contributed by atoms with E-state index in [4.69, 9.17) is 11.6 Å². The number of amides is 2. The summed E-state index contributed by atoms with van der Waals surface area (Å²) in [5, 5.41) is 10.5. The van der Waals surface area contributed by atoms with E-state index < -0.39 is 5.60 Å². The minimum Gasteiger partial charge on any atom is -0.380 e. The number of hydrogen-bond acceptors (Lipinski definition) is 4. The molecular formula is C26H30ClN3O3. The molecule has 0 radical (unpaired) electrons. The molecule has 2 aliphatic heterocycles. The predicted molar refractivity (Wildman–Crippen MR) is 130 cm³/mol. The van der Waals surface area contributed by atoms with Crippen molar-refractivity contribution in [3.63, 3.8) is 0 Å². The van der Waals surface area contributed by atoms with Crippen LogP contribution in [-0.4, -0.2) is 71.6 Å². The molecule has 1 saturated heterocycles. The van der Waals surface area contributed by atoms with E-state index in [9.17, 15) is 14.7 Å². The Kier molecular flexibility index (Phi) is 5.83. The topological polar surface area (TPSA) is 64.1 Å². The molecule has 6 nitrogen and oxygen atoms in total. The van der Waals surface area contributed by atoms with Crippen LogP contribution >= 0.6 is 11.6 Å². The van der Waals surface area contributed by atoms with Crippen molar-refractivity contribution in [3.05, 3.63) is 52.5 Å². The van der Waals surface area contributed by atoms with Crippen molar-refractivity contribution in [3.8, 4) is 11.1 Å². The zero-order valence-electron chi connectivity index (χ0n) is 19.0. The summed E-state index contributed by atoms with van der Waals surface area (Å²) in [5.41, 5.74) is 4.11. The van der Waals surface area contributed by atoms with Gasteiger partial charge in [-0.1, -0.05) is 23.7 Å². The largest absolute Gasteiger partial charge is 0.380 e. The Morgan fingerprint density at radius 1 is 0.970 bits per heavy atom. The average Bonchev–Trinajstić information content (AvgIpc) is 3.60. The first kappa shape index (κ1) is 22.2. The summed E-state index contributed by atoms with van der Waals surface area (Å²) in [6.07, 6.45) is 3.31. The molecule has 1 aliphatic carbocycles. The summed E-state index contributed by atoms with van der Waals surface area (Å²) >= 11 is 6.58. The number of benzene rings is 2. The van der Waals surface area contributed by atoms with Crippen molar-refractivity contribution >= 4 is 29.1 Å². The van der Waals surface area contributed by atoms with Gasteiger partial charge in [0.25, 0.3) is 11.8 Å². The normalized spacial score (nSPS) is 19.3. The number of piperazine rings is 1. The van der Waals surface area contributed by atoms with Crippen molar-refractivity contribution in [2.24, 2.45) is 0 Å². The summed E-state index contributed by atoms with van der Waals surface area (Å²) in [6.45, 7) is 6.06. The van der Waals surface area contributed by atoms with E-state index in [1.54, 1.807) is 9.80 Å². The van der Waals surface area contributed by atoms with Gasteiger partial charge in [0.2, 0.25) is 0 Å². The van der Waals surface area contributed by atoms with Gasteiger partial charge in [0.1, 0.15) is 5.60 Å². The zero-order chi connectivity index (χ0) is 23.2. The Labute approximate surface area is 199 Å². The minimum absolute atomic E-state index is 0.118. The Morgan fingerprint density at radius 2 is 1.64 bits per heavy atom. The molecule has 33 heavy (non-hydrogen) atoms. The molecule has 2 fully saturated rings. The molecule has 2 aromatic rings. The fourth-order valence-corrected chi connectivity index (χ4v) is 5.22. The van der Waals surface area contributed by atoms with Crippen molar-refractivity contribution in [1.82, 2.24) is 9.80 Å². The van der Waals surface area contributed by atoms with E-state index in [-0.39, 0.29) is 11.8 Å². The van der Waals surface area contributed by atoms with Gasteiger partial charge in [-0.3, -0.25) is 9.59 Å². The number of carbonyl (C=O) groups excluding carboxylic acids is 2. The number of fused-ring (bicyclic) bond motifs is 1. The molecule has 0 bridgehead atoms. The third-order valence-electron chi connectivity index (χ3n) is 7.18. The van der Waals surface area contributed by atoms with Gasteiger partial charge >= 0.3 is 0 Å². The van der Waals surface area contributed by atoms with Gasteiger partial charge in [0.15, 0.2) is 0 Å². The van der Waals surface area contributed by atoms with Gasteiger partial charge in [0, 0.05) is 45.0 Å². The van der Waals surface area contributed by atoms with Crippen LogP contribution in [0.15, 0.2) is 36.4 Å². The molecule has 2 amide bonds. The van der Waals surface area contributed by atoms with Gasteiger partial charge in [-0.15, -0.1) is 0 Å². The Hall–Kier alpha value is -2.57. The predicted octanol–water partition coefficient (Wildman–Crippen LogP) is 3.59. The number of halogens is 1. The van der Waals surface area contributed by atoms with Crippen LogP contribution in [0.4, 0.5) is 5.69 Å². The second kappa shape index (κ2) is 8.65. The lowest BCUT2D eigenvalue weighted by molar-refractivity contribution is -0.143. The summed E-state index contributed by atoms with van der Waals surface area (Å²) in [7, 11) is 0. The van der Waals surface area contributed by atoms with Crippen LogP contribution in [0.5, 0.6) is 0 Å². The lowest BCUT2D eigenvalue weighted by Crippen LogP contribution is -2.53. The van der Waals surface area contributed by atoms with Crippen LogP contribution in [0.3, 0.4) is 0 Å². The first-order valence-electron chi connectivity index (χ1n) is 11.9. The molecule has 0 unspecified atom stereocenters. The number of rotatable bonds is 4. The lowest BCUT2D eigenvalue weighted by atomic mass is 9.95. The first-order valence-corrected chi connectivity index (χ1v) is 12.3. The number of aryl methyl sites for hydroxylation is 1. The molecule has 2 heterocycles. The van der Waals surface area contributed by atoms with Crippen molar-refractivity contribution in [1.29, 1.82) is 0 Å². The third kappa shape index (κ3) is 4.22. The fraction of sp³-hybridized carbons (Fsp3) is 0.462. The van der Waals surface area contributed by atoms with Crippen LogP contribution in [-0.2, 0) is 11.2 Å². The average molecular weight is 468 g/mol. The molecule has 1 saturated carbocycles. The number of carbonyl (C=O) groups is 2. The van der Waals surface area contributed by atoms with E-state index in [0.29, 0.717) is 49.6 Å². The summed E-state index contributed by atoms with van der Waals surface area (Å²) < 4.78 is 0. The highest BCUT2D eigenvalue weighted by atomic mass is 35.5. The van der Waals surface area contributed by atoms with Crippen molar-refractivity contribution < 1.29 is 14.7 Å². The number of anilines is 1. The van der Waals surface area contributed by atoms with Gasteiger partial charge in [-0.2, -0.15) is 0 Å². The van der Waals surface area contributed by atoms with E-state index in [0.717, 1.165) is 37.1 Å². The van der Waals surface area contributed by atoms with Crippen LogP contribution < -0.4 is 4.90 Å². The highest BCUT2D eigenvalue weighted by Gasteiger charge is 2.50. The van der Waals surface area contributed by atoms with Crippen molar-refractivity contribution in [2.75, 3.05) is 44.2 Å². The van der Waals surface area contributed by atoms with E-state index in [2.05, 4.69) is 30.0 Å². The monoisotopic (exact) mass is 467 g/mol. The molecule has 5 rings (SSSR count). The fourth-order valence-electron chi connectivity index (χ4n) is 4.96. The van der Waals surface area contributed by atoms with E-state index in [1.807, 2.05) is 18.2 Å². The molecule has 174 valence electrons. The summed E-state index contributed by atoms with van der Waals surface area (Å²) in [5.74, 6) is -0.322. The molecule has 0 atom stereocenters. The second-order valence-electron chi connectivity index (χ2n) is 9.34. The van der Waals surface area contributed by atoms with Crippen LogP contribution in [0.2, 0.25) is 5.02 Å². The molecule has 3 aliphatic rings. The van der Waals surface area contributed by atoms with E-state index >= 15 is 0 Å². The van der Waals surface area contributed by atoms with Crippen LogP contribution in [0.25, 0.3) is 11.1 Å². The number of hydrogen-bond donors (Lipinski definition) is 1. The Bertz CT molecular complexity index is 1090. The smallest absolute Gasteiger partial charge is 0.255 e. The van der Waals surface area contributed by atoms with Crippen molar-refractivity contribution in [2.45, 2.75) is 38.2 Å². The zero-order valence-corrected chi connectivity index (χ0v) is 19.8. The standard InChI is InChI=1S/C26H30ClN3O3/c1-2-28-11-3-4-20-16-18(6-8-23(20)28)19-5-7-21(22(27)17-19)24(31)29-12-14-30(15-13-29)25(32)26(33)9-10-26/h5-8,16-17,33H,2-4,9-15H2,1H3. The van der Waals surface area contributed by atoms with E-state index in [1.165, 1.54) is 11.3 Å². The van der Waals surface area contributed by atoms with Gasteiger partial charge in [-0.05, 0) is 73.6 Å². The first-order chi connectivity index (χ1) is 15.9. The number of nitrogens with zero attached hydrogens (tertiary/aromatic N) is 3. The maximum atomic E-state index is 13.1. The molecule has 0 spiro atoms. The maximum absolute atomic E-state index is 13.1. The SMILES string of the molecule is CCN1CCCc2cc(-c3ccc(C(=O)N4CCN(C(=O)C5(O)CC5)CC4)c(Cl)c3)ccc21. The summed E-state index contributed by atoms with van der Waals surface area (Å²) in [6, 6.07) is 12.2. The molecule has 1 N–H and O–H groups in total. The van der Waals surface area contributed by atoms with Crippen LogP contribution in [0, 0.1) is 0 Å². The third-order valence-corrected chi connectivity index (χ3v) is 7.50. The molecule has 2 aromatic carbocycles. The highest BCUT2D eigenvalue weighted by molar-refractivity contribution is 6.34. The van der Waals surface area contributed by atoms with Gasteiger partial charge in [-0.25, -0.2) is 0 Å². The summed E-state index contributed by atoms with van der Waals surface area (Å²) in [4.78, 5) is 31.2. The van der Waals surface area contributed by atoms with Crippen LogP contribution in [0.1, 0.15) is 42.1 Å².